The van der Waals surface area contributed by atoms with Crippen molar-refractivity contribution in [1.29, 1.82) is 0 Å². The van der Waals surface area contributed by atoms with Gasteiger partial charge in [0, 0.05) is 35.5 Å². The van der Waals surface area contributed by atoms with E-state index in [-0.39, 0.29) is 60.5 Å². The average Bonchev–Trinajstić information content (AvgIpc) is 3.09. The van der Waals surface area contributed by atoms with Crippen molar-refractivity contribution in [3.05, 3.63) is 23.8 Å². The molecule has 0 spiro atoms. The molecule has 8 atom stereocenters. The molecule has 42 heavy (non-hydrogen) atoms. The number of carbonyl (C=O) groups excluding carboxylic acids is 4. The van der Waals surface area contributed by atoms with Crippen LogP contribution in [0, 0.1) is 28.6 Å². The summed E-state index contributed by atoms with van der Waals surface area (Å²) < 4.78 is 37.3. The van der Waals surface area contributed by atoms with E-state index in [4.69, 9.17) is 28.7 Å². The van der Waals surface area contributed by atoms with Crippen LogP contribution >= 0.6 is 7.82 Å². The zero-order chi connectivity index (χ0) is 31.2. The van der Waals surface area contributed by atoms with Crippen molar-refractivity contribution < 1.29 is 87.0 Å². The van der Waals surface area contributed by atoms with Crippen LogP contribution in [0.3, 0.4) is 0 Å². The van der Waals surface area contributed by atoms with E-state index < -0.39 is 72.2 Å². The predicted octanol–water partition coefficient (Wildman–Crippen LogP) is -0.739. The molecule has 0 bridgehead atoms. The summed E-state index contributed by atoms with van der Waals surface area (Å²) >= 11 is 0. The maximum Gasteiger partial charge on any atom is 1.00 e. The van der Waals surface area contributed by atoms with Crippen molar-refractivity contribution in [2.24, 2.45) is 28.6 Å². The summed E-state index contributed by atoms with van der Waals surface area (Å²) in [6.07, 6.45) is 4.32. The molecule has 0 heterocycles. The largest absolute Gasteiger partial charge is 1.00 e. The SMILES string of the molecule is CCC(=O)OCC(=O)[C@@]1(OC(=O)CC)[C@@H](C)C[C@H]2[C@@H]3CCC4=CC(=O)C=C[C@]4(C)C3(F)[C@@H](O)C[C@@]21C.O=P([O-])(O)O.[Na+]. The summed E-state index contributed by atoms with van der Waals surface area (Å²) in [5.41, 5.74) is -5.26. The number of alkyl halides is 1. The van der Waals surface area contributed by atoms with Crippen LogP contribution in [0.4, 0.5) is 4.39 Å². The van der Waals surface area contributed by atoms with Crippen molar-refractivity contribution in [1.82, 2.24) is 0 Å². The number of halogens is 1. The molecule has 0 radical (unpaired) electrons. The fourth-order valence-corrected chi connectivity index (χ4v) is 8.01. The van der Waals surface area contributed by atoms with E-state index in [1.54, 1.807) is 33.8 Å². The molecule has 4 rings (SSSR count). The molecule has 0 aromatic heterocycles. The molecule has 0 aromatic rings. The van der Waals surface area contributed by atoms with Crippen LogP contribution in [0.1, 0.15) is 73.1 Å². The van der Waals surface area contributed by atoms with E-state index in [0.717, 1.165) is 0 Å². The fraction of sp³-hybridized carbons (Fsp3) is 0.714. The summed E-state index contributed by atoms with van der Waals surface area (Å²) in [5, 5.41) is 11.5. The molecule has 4 aliphatic carbocycles. The van der Waals surface area contributed by atoms with Crippen molar-refractivity contribution in [2.45, 2.75) is 90.5 Å². The Morgan fingerprint density at radius 3 is 2.26 bits per heavy atom. The van der Waals surface area contributed by atoms with Gasteiger partial charge in [-0.1, -0.05) is 39.3 Å². The zero-order valence-corrected chi connectivity index (χ0v) is 27.8. The Morgan fingerprint density at radius 2 is 1.71 bits per heavy atom. The predicted molar refractivity (Wildman–Crippen MR) is 140 cm³/mol. The zero-order valence-electron chi connectivity index (χ0n) is 24.9. The van der Waals surface area contributed by atoms with Gasteiger partial charge in [0.05, 0.1) is 6.10 Å². The van der Waals surface area contributed by atoms with E-state index in [9.17, 15) is 24.3 Å². The first kappa shape index (κ1) is 36.9. The van der Waals surface area contributed by atoms with Crippen LogP contribution in [0.25, 0.3) is 0 Å². The molecular formula is C28H39FNaO11P. The number of phosphoric acid groups is 1. The number of allylic oxidation sites excluding steroid dienone is 4. The minimum Gasteiger partial charge on any atom is -0.756 e. The number of rotatable bonds is 6. The molecule has 3 saturated carbocycles. The van der Waals surface area contributed by atoms with Crippen LogP contribution in [0.2, 0.25) is 0 Å². The number of hydrogen-bond acceptors (Lipinski definition) is 9. The van der Waals surface area contributed by atoms with Gasteiger partial charge in [-0.3, -0.25) is 23.7 Å². The van der Waals surface area contributed by atoms with Gasteiger partial charge in [-0.2, -0.15) is 0 Å². The molecule has 0 aliphatic heterocycles. The Kier molecular flexibility index (Phi) is 11.4. The number of ether oxygens (including phenoxy) is 2. The minimum atomic E-state index is -4.89. The number of Topliss-reactive ketones (excluding diaryl/α,β-unsaturated/α-hetero) is 1. The smallest absolute Gasteiger partial charge is 0.756 e. The molecule has 0 amide bonds. The van der Waals surface area contributed by atoms with Gasteiger partial charge < -0.3 is 29.3 Å². The van der Waals surface area contributed by atoms with Crippen LogP contribution < -0.4 is 34.5 Å². The second-order valence-corrected chi connectivity index (χ2v) is 12.9. The first-order valence-electron chi connectivity index (χ1n) is 13.8. The van der Waals surface area contributed by atoms with E-state index in [0.29, 0.717) is 24.8 Å². The fourth-order valence-electron chi connectivity index (χ4n) is 8.01. The summed E-state index contributed by atoms with van der Waals surface area (Å²) in [6, 6.07) is 0. The molecule has 0 saturated heterocycles. The second-order valence-electron chi connectivity index (χ2n) is 11.9. The number of carbonyl (C=O) groups is 4. The van der Waals surface area contributed by atoms with Gasteiger partial charge in [0.2, 0.25) is 5.78 Å². The second kappa shape index (κ2) is 13.0. The Bertz CT molecular complexity index is 1210. The summed E-state index contributed by atoms with van der Waals surface area (Å²) in [6.45, 7) is 8.05. The Morgan fingerprint density at radius 1 is 1.14 bits per heavy atom. The van der Waals surface area contributed by atoms with Crippen LogP contribution in [-0.2, 0) is 33.2 Å². The van der Waals surface area contributed by atoms with Gasteiger partial charge in [0.1, 0.15) is 0 Å². The Labute approximate surface area is 266 Å². The number of ketones is 2. The number of aliphatic hydroxyl groups is 1. The van der Waals surface area contributed by atoms with Crippen molar-refractivity contribution in [2.75, 3.05) is 6.61 Å². The van der Waals surface area contributed by atoms with Gasteiger partial charge in [0.15, 0.2) is 23.7 Å². The third-order valence-electron chi connectivity index (χ3n) is 9.81. The Balaban J connectivity index is 0.000000947. The summed E-state index contributed by atoms with van der Waals surface area (Å²) in [5.74, 6) is -3.31. The maximum atomic E-state index is 17.4. The van der Waals surface area contributed by atoms with Crippen molar-refractivity contribution in [3.63, 3.8) is 0 Å². The van der Waals surface area contributed by atoms with Crippen LogP contribution in [0.5, 0.6) is 0 Å². The number of aliphatic hydroxyl groups excluding tert-OH is 1. The molecule has 230 valence electrons. The normalized spacial score (nSPS) is 38.3. The third-order valence-corrected chi connectivity index (χ3v) is 9.81. The van der Waals surface area contributed by atoms with Crippen LogP contribution in [-0.4, -0.2) is 62.4 Å². The molecular weight excluding hydrogens is 585 g/mol. The van der Waals surface area contributed by atoms with Gasteiger partial charge in [-0.15, -0.1) is 0 Å². The first-order chi connectivity index (χ1) is 18.8. The Hall–Kier alpha value is -1.24. The molecule has 0 aromatic carbocycles. The first-order valence-corrected chi connectivity index (χ1v) is 15.3. The molecule has 14 heteroatoms. The van der Waals surface area contributed by atoms with Gasteiger partial charge in [-0.25, -0.2) is 4.39 Å². The van der Waals surface area contributed by atoms with Gasteiger partial charge in [0.25, 0.3) is 7.82 Å². The molecule has 1 unspecified atom stereocenters. The number of hydrogen-bond donors (Lipinski definition) is 3. The van der Waals surface area contributed by atoms with E-state index in [1.165, 1.54) is 12.2 Å². The molecule has 3 N–H and O–H groups in total. The van der Waals surface area contributed by atoms with Crippen LogP contribution in [0.15, 0.2) is 23.8 Å². The average molecular weight is 625 g/mol. The monoisotopic (exact) mass is 624 g/mol. The quantitative estimate of drug-likeness (QED) is 0.192. The van der Waals surface area contributed by atoms with E-state index in [2.05, 4.69) is 0 Å². The standard InChI is InChI=1S/C28H37FO7.Na.H3O4P/c1-6-23(33)35-15-22(32)28(36-24(34)7-2)16(3)12-20-19-9-8-17-13-18(30)10-11-25(17,4)27(19,29)21(31)14-26(20,28)5;;1-5(2,3)4/h10-11,13,16,19-21,31H,6-9,12,14-15H2,1-5H3;;(H3,1,2,3,4)/q;+1;/p-1/t16-,19-,20-,21-,25-,26-,27?,28-;;/m0../s1. The maximum absolute atomic E-state index is 17.4. The molecule has 4 aliphatic rings. The third kappa shape index (κ3) is 6.15. The summed E-state index contributed by atoms with van der Waals surface area (Å²) in [4.78, 5) is 73.2. The summed E-state index contributed by atoms with van der Waals surface area (Å²) in [7, 11) is -4.89. The van der Waals surface area contributed by atoms with Gasteiger partial charge >= 0.3 is 41.5 Å². The number of fused-ring (bicyclic) bond motifs is 5. The van der Waals surface area contributed by atoms with E-state index in [1.807, 2.05) is 6.92 Å². The topological polar surface area (TPSA) is 188 Å². The minimum absolute atomic E-state index is 0. The van der Waals surface area contributed by atoms with Gasteiger partial charge in [-0.05, 0) is 50.7 Å². The van der Waals surface area contributed by atoms with E-state index >= 15 is 4.39 Å². The molecule has 3 fully saturated rings. The number of esters is 2. The van der Waals surface area contributed by atoms with Crippen molar-refractivity contribution in [3.8, 4) is 0 Å². The van der Waals surface area contributed by atoms with Crippen molar-refractivity contribution >= 4 is 31.3 Å². The molecule has 11 nitrogen and oxygen atoms in total.